The first kappa shape index (κ1) is 14.7. The van der Waals surface area contributed by atoms with Gasteiger partial charge in [-0.05, 0) is 36.1 Å². The number of anilines is 1. The van der Waals surface area contributed by atoms with Crippen LogP contribution in [0.15, 0.2) is 48.8 Å². The van der Waals surface area contributed by atoms with Gasteiger partial charge in [0.2, 0.25) is 0 Å². The molecule has 1 aromatic carbocycles. The summed E-state index contributed by atoms with van der Waals surface area (Å²) in [6, 6.07) is 7.24. The van der Waals surface area contributed by atoms with Crippen LogP contribution in [0.4, 0.5) is 11.4 Å². The predicted molar refractivity (Wildman–Crippen MR) is 90.2 cm³/mol. The molecule has 4 rings (SSSR count). The average molecular weight is 323 g/mol. The molecule has 1 aliphatic heterocycles. The lowest BCUT2D eigenvalue weighted by molar-refractivity contribution is -0.385. The Kier molecular flexibility index (Phi) is 3.45. The highest BCUT2D eigenvalue weighted by Crippen LogP contribution is 2.54. The van der Waals surface area contributed by atoms with Gasteiger partial charge in [0, 0.05) is 24.4 Å². The summed E-state index contributed by atoms with van der Waals surface area (Å²) >= 11 is 0. The maximum absolute atomic E-state index is 11.5. The summed E-state index contributed by atoms with van der Waals surface area (Å²) in [6.45, 7) is 0. The van der Waals surface area contributed by atoms with Crippen molar-refractivity contribution in [3.05, 3.63) is 70.1 Å². The molecule has 6 nitrogen and oxygen atoms in total. The second kappa shape index (κ2) is 5.63. The van der Waals surface area contributed by atoms with Crippen molar-refractivity contribution in [2.45, 2.75) is 18.4 Å². The van der Waals surface area contributed by atoms with Crippen LogP contribution in [0.2, 0.25) is 0 Å². The number of hydrogen-bond donors (Lipinski definition) is 1. The number of ether oxygens (including phenoxy) is 1. The van der Waals surface area contributed by atoms with Crippen LogP contribution in [0.5, 0.6) is 5.75 Å². The second-order valence-corrected chi connectivity index (χ2v) is 6.09. The van der Waals surface area contributed by atoms with E-state index in [9.17, 15) is 10.1 Å². The summed E-state index contributed by atoms with van der Waals surface area (Å²) in [5.74, 6) is 0.883. The van der Waals surface area contributed by atoms with Gasteiger partial charge in [0.1, 0.15) is 5.75 Å². The van der Waals surface area contributed by atoms with Crippen LogP contribution in [0.1, 0.15) is 29.5 Å². The monoisotopic (exact) mass is 323 g/mol. The zero-order valence-electron chi connectivity index (χ0n) is 13.2. The van der Waals surface area contributed by atoms with Crippen molar-refractivity contribution in [3.63, 3.8) is 0 Å². The van der Waals surface area contributed by atoms with Crippen LogP contribution >= 0.6 is 0 Å². The average Bonchev–Trinajstić information content (AvgIpc) is 3.10. The normalized spacial score (nSPS) is 24.0. The topological polar surface area (TPSA) is 77.3 Å². The summed E-state index contributed by atoms with van der Waals surface area (Å²) < 4.78 is 5.46. The van der Waals surface area contributed by atoms with Gasteiger partial charge in [0.05, 0.1) is 29.3 Å². The maximum Gasteiger partial charge on any atom is 0.275 e. The Morgan fingerprint density at radius 3 is 2.79 bits per heavy atom. The van der Waals surface area contributed by atoms with Crippen molar-refractivity contribution in [1.82, 2.24) is 4.98 Å². The maximum atomic E-state index is 11.5. The van der Waals surface area contributed by atoms with Gasteiger partial charge in [-0.15, -0.1) is 0 Å². The first-order valence-electron chi connectivity index (χ1n) is 7.89. The molecule has 24 heavy (non-hydrogen) atoms. The van der Waals surface area contributed by atoms with Crippen LogP contribution in [-0.4, -0.2) is 17.0 Å². The van der Waals surface area contributed by atoms with E-state index in [0.29, 0.717) is 5.75 Å². The quantitative estimate of drug-likeness (QED) is 0.528. The lowest BCUT2D eigenvalue weighted by atomic mass is 9.76. The number of aromatic nitrogens is 1. The molecular weight excluding hydrogens is 306 g/mol. The molecule has 0 saturated carbocycles. The summed E-state index contributed by atoms with van der Waals surface area (Å²) in [7, 11) is 1.58. The van der Waals surface area contributed by atoms with E-state index in [2.05, 4.69) is 22.5 Å². The Balaban J connectivity index is 1.90. The molecule has 0 bridgehead atoms. The first-order valence-corrected chi connectivity index (χ1v) is 7.89. The highest BCUT2D eigenvalue weighted by atomic mass is 16.6. The third kappa shape index (κ3) is 2.14. The summed E-state index contributed by atoms with van der Waals surface area (Å²) in [5, 5.41) is 15.0. The third-order valence-electron chi connectivity index (χ3n) is 4.94. The molecule has 1 aromatic heterocycles. The molecule has 2 aliphatic rings. The standard InChI is InChI=1S/C18H17N3O3/c1-24-15-6-5-14(21(22)23)16-12-3-2-4-13(12)17(20-18(15)16)11-7-9-19-10-8-11/h2-3,5-10,12-13,17,20H,4H2,1H3/t12?,13?,17-/m1/s1. The van der Waals surface area contributed by atoms with Crippen LogP contribution in [-0.2, 0) is 0 Å². The number of pyridine rings is 1. The molecule has 1 aliphatic carbocycles. The number of fused-ring (bicyclic) bond motifs is 3. The Morgan fingerprint density at radius 1 is 1.29 bits per heavy atom. The molecule has 2 unspecified atom stereocenters. The van der Waals surface area contributed by atoms with E-state index in [1.807, 2.05) is 12.1 Å². The molecule has 1 N–H and O–H groups in total. The summed E-state index contributed by atoms with van der Waals surface area (Å²) in [6.07, 6.45) is 8.64. The van der Waals surface area contributed by atoms with E-state index in [1.54, 1.807) is 25.6 Å². The van der Waals surface area contributed by atoms with Gasteiger partial charge in [-0.25, -0.2) is 0 Å². The minimum Gasteiger partial charge on any atom is -0.495 e. The zero-order chi connectivity index (χ0) is 16.7. The molecule has 0 amide bonds. The predicted octanol–water partition coefficient (Wildman–Crippen LogP) is 3.82. The Labute approximate surface area is 139 Å². The number of hydrogen-bond acceptors (Lipinski definition) is 5. The number of nitro benzene ring substituents is 1. The van der Waals surface area contributed by atoms with E-state index < -0.39 is 0 Å². The van der Waals surface area contributed by atoms with E-state index in [4.69, 9.17) is 4.74 Å². The van der Waals surface area contributed by atoms with Crippen LogP contribution in [0, 0.1) is 16.0 Å². The van der Waals surface area contributed by atoms with Gasteiger partial charge in [-0.1, -0.05) is 12.2 Å². The molecular formula is C18H17N3O3. The lowest BCUT2D eigenvalue weighted by Crippen LogP contribution is -2.30. The van der Waals surface area contributed by atoms with Gasteiger partial charge in [0.15, 0.2) is 0 Å². The zero-order valence-corrected chi connectivity index (χ0v) is 13.2. The van der Waals surface area contributed by atoms with E-state index in [1.165, 1.54) is 6.07 Å². The van der Waals surface area contributed by atoms with Gasteiger partial charge >= 0.3 is 0 Å². The smallest absolute Gasteiger partial charge is 0.275 e. The van der Waals surface area contributed by atoms with E-state index >= 15 is 0 Å². The SMILES string of the molecule is COc1ccc([N+](=O)[O-])c2c1N[C@H](c1ccncc1)C1CC=CC21. The minimum absolute atomic E-state index is 0.00918. The fraction of sp³-hybridized carbons (Fsp3) is 0.278. The first-order chi connectivity index (χ1) is 11.7. The number of methoxy groups -OCH3 is 1. The van der Waals surface area contributed by atoms with Gasteiger partial charge in [-0.3, -0.25) is 15.1 Å². The number of nitro groups is 1. The van der Waals surface area contributed by atoms with Gasteiger partial charge < -0.3 is 10.1 Å². The van der Waals surface area contributed by atoms with Crippen LogP contribution < -0.4 is 10.1 Å². The molecule has 2 heterocycles. The van der Waals surface area contributed by atoms with Crippen molar-refractivity contribution in [1.29, 1.82) is 0 Å². The van der Waals surface area contributed by atoms with Gasteiger partial charge in [0.25, 0.3) is 5.69 Å². The second-order valence-electron chi connectivity index (χ2n) is 6.09. The van der Waals surface area contributed by atoms with Crippen molar-refractivity contribution in [3.8, 4) is 5.75 Å². The van der Waals surface area contributed by atoms with Crippen molar-refractivity contribution in [2.24, 2.45) is 5.92 Å². The Morgan fingerprint density at radius 2 is 2.08 bits per heavy atom. The molecule has 0 spiro atoms. The fourth-order valence-corrected chi connectivity index (χ4v) is 3.89. The molecule has 0 fully saturated rings. The highest BCUT2D eigenvalue weighted by molar-refractivity contribution is 5.73. The van der Waals surface area contributed by atoms with E-state index in [0.717, 1.165) is 23.2 Å². The molecule has 0 saturated heterocycles. The van der Waals surface area contributed by atoms with Crippen LogP contribution in [0.3, 0.4) is 0 Å². The van der Waals surface area contributed by atoms with Crippen LogP contribution in [0.25, 0.3) is 0 Å². The number of rotatable bonds is 3. The Bertz CT molecular complexity index is 820. The van der Waals surface area contributed by atoms with Gasteiger partial charge in [-0.2, -0.15) is 0 Å². The molecule has 122 valence electrons. The van der Waals surface area contributed by atoms with Crippen molar-refractivity contribution >= 4 is 11.4 Å². The number of allylic oxidation sites excluding steroid dienone is 2. The Hall–Kier alpha value is -2.89. The molecule has 3 atom stereocenters. The minimum atomic E-state index is -0.310. The number of benzene rings is 1. The largest absolute Gasteiger partial charge is 0.495 e. The number of nitrogens with one attached hydrogen (secondary N) is 1. The molecule has 6 heteroatoms. The van der Waals surface area contributed by atoms with E-state index in [-0.39, 0.29) is 28.5 Å². The van der Waals surface area contributed by atoms with Crippen molar-refractivity contribution < 1.29 is 9.66 Å². The molecule has 0 radical (unpaired) electrons. The summed E-state index contributed by atoms with van der Waals surface area (Å²) in [4.78, 5) is 15.3. The highest BCUT2D eigenvalue weighted by Gasteiger charge is 2.42. The number of nitrogens with zero attached hydrogens (tertiary/aromatic N) is 2. The molecule has 2 aromatic rings. The fourth-order valence-electron chi connectivity index (χ4n) is 3.89. The van der Waals surface area contributed by atoms with Crippen molar-refractivity contribution in [2.75, 3.05) is 12.4 Å². The lowest BCUT2D eigenvalue weighted by Gasteiger charge is -2.37. The summed E-state index contributed by atoms with van der Waals surface area (Å²) in [5.41, 5.74) is 2.72. The third-order valence-corrected chi connectivity index (χ3v) is 4.94.